The summed E-state index contributed by atoms with van der Waals surface area (Å²) in [5.41, 5.74) is 1.22. The predicted molar refractivity (Wildman–Crippen MR) is 79.3 cm³/mol. The summed E-state index contributed by atoms with van der Waals surface area (Å²) in [4.78, 5) is 4.14. The Kier molecular flexibility index (Phi) is 4.03. The largest absolute Gasteiger partial charge is 0.486 e. The Balaban J connectivity index is 1.63. The first kappa shape index (κ1) is 13.6. The zero-order chi connectivity index (χ0) is 13.9. The van der Waals surface area contributed by atoms with Gasteiger partial charge in [-0.1, -0.05) is 15.9 Å². The molecule has 5 nitrogen and oxygen atoms in total. The molecule has 6 heteroatoms. The van der Waals surface area contributed by atoms with Gasteiger partial charge in [-0.25, -0.2) is 4.98 Å². The number of hydrogen-bond acceptors (Lipinski definition) is 4. The topological polar surface area (TPSA) is 52.0 Å². The summed E-state index contributed by atoms with van der Waals surface area (Å²) in [5, 5.41) is 7.53. The second kappa shape index (κ2) is 5.93. The van der Waals surface area contributed by atoms with E-state index in [1.807, 2.05) is 19.2 Å². The third-order valence-corrected chi connectivity index (χ3v) is 4.12. The van der Waals surface area contributed by atoms with Crippen molar-refractivity contribution >= 4 is 15.9 Å². The van der Waals surface area contributed by atoms with Gasteiger partial charge in [0.25, 0.3) is 0 Å². The van der Waals surface area contributed by atoms with E-state index in [1.165, 1.54) is 24.7 Å². The molecule has 20 heavy (non-hydrogen) atoms. The van der Waals surface area contributed by atoms with Crippen LogP contribution in [0.3, 0.4) is 0 Å². The van der Waals surface area contributed by atoms with Crippen molar-refractivity contribution in [3.05, 3.63) is 40.4 Å². The number of aryl methyl sites for hydroxylation is 1. The van der Waals surface area contributed by atoms with Crippen molar-refractivity contribution < 1.29 is 4.74 Å². The van der Waals surface area contributed by atoms with E-state index in [2.05, 4.69) is 37.4 Å². The molecule has 0 saturated heterocycles. The predicted octanol–water partition coefficient (Wildman–Crippen LogP) is 2.41. The molecule has 1 fully saturated rings. The van der Waals surface area contributed by atoms with E-state index >= 15 is 0 Å². The Morgan fingerprint density at radius 3 is 3.00 bits per heavy atom. The van der Waals surface area contributed by atoms with Gasteiger partial charge in [0.2, 0.25) is 0 Å². The lowest BCUT2D eigenvalue weighted by molar-refractivity contribution is 0.289. The van der Waals surface area contributed by atoms with Crippen molar-refractivity contribution in [3.63, 3.8) is 0 Å². The Labute approximate surface area is 126 Å². The molecular weight excluding hydrogens is 320 g/mol. The summed E-state index contributed by atoms with van der Waals surface area (Å²) in [7, 11) is 1.86. The molecule has 1 aliphatic carbocycles. The third-order valence-electron chi connectivity index (χ3n) is 3.35. The van der Waals surface area contributed by atoms with Gasteiger partial charge < -0.3 is 10.1 Å². The van der Waals surface area contributed by atoms with Crippen LogP contribution in [0.15, 0.2) is 29.0 Å². The number of aromatic nitrogens is 3. The number of nitrogens with zero attached hydrogens (tertiary/aromatic N) is 3. The monoisotopic (exact) mass is 336 g/mol. The molecule has 1 heterocycles. The van der Waals surface area contributed by atoms with Crippen LogP contribution in [0, 0.1) is 0 Å². The SMILES string of the molecule is Cn1ncnc1COc1ccc(Br)c(CNC2CC2)c1. The maximum Gasteiger partial charge on any atom is 0.164 e. The van der Waals surface area contributed by atoms with Crippen LogP contribution in [0.2, 0.25) is 0 Å². The van der Waals surface area contributed by atoms with Crippen molar-refractivity contribution in [2.45, 2.75) is 32.0 Å². The smallest absolute Gasteiger partial charge is 0.164 e. The number of rotatable bonds is 6. The first-order valence-electron chi connectivity index (χ1n) is 6.70. The molecule has 1 N–H and O–H groups in total. The minimum absolute atomic E-state index is 0.424. The molecule has 0 spiro atoms. The van der Waals surface area contributed by atoms with E-state index in [0.717, 1.165) is 22.6 Å². The number of hydrogen-bond donors (Lipinski definition) is 1. The van der Waals surface area contributed by atoms with Crippen molar-refractivity contribution in [2.75, 3.05) is 0 Å². The zero-order valence-electron chi connectivity index (χ0n) is 11.3. The molecule has 2 aromatic rings. The quantitative estimate of drug-likeness (QED) is 0.880. The van der Waals surface area contributed by atoms with E-state index in [4.69, 9.17) is 4.74 Å². The van der Waals surface area contributed by atoms with E-state index in [0.29, 0.717) is 12.6 Å². The zero-order valence-corrected chi connectivity index (χ0v) is 12.9. The van der Waals surface area contributed by atoms with Gasteiger partial charge in [-0.2, -0.15) is 5.10 Å². The van der Waals surface area contributed by atoms with Gasteiger partial charge in [0.05, 0.1) is 0 Å². The summed E-state index contributed by atoms with van der Waals surface area (Å²) in [6.07, 6.45) is 4.12. The minimum atomic E-state index is 0.424. The van der Waals surface area contributed by atoms with Crippen molar-refractivity contribution in [3.8, 4) is 5.75 Å². The van der Waals surface area contributed by atoms with Crippen LogP contribution >= 0.6 is 15.9 Å². The minimum Gasteiger partial charge on any atom is -0.486 e. The lowest BCUT2D eigenvalue weighted by atomic mass is 10.2. The third kappa shape index (κ3) is 3.37. The summed E-state index contributed by atoms with van der Waals surface area (Å²) >= 11 is 3.58. The van der Waals surface area contributed by atoms with Crippen LogP contribution in [-0.4, -0.2) is 20.8 Å². The molecule has 1 aromatic carbocycles. The Morgan fingerprint density at radius 1 is 1.45 bits per heavy atom. The number of halogens is 1. The maximum atomic E-state index is 5.78. The van der Waals surface area contributed by atoms with Gasteiger partial charge in [-0.3, -0.25) is 4.68 Å². The lowest BCUT2D eigenvalue weighted by Crippen LogP contribution is -2.15. The standard InChI is InChI=1S/C14H17BrN4O/c1-19-14(17-9-18-19)8-20-12-4-5-13(15)10(6-12)7-16-11-2-3-11/h4-6,9,11,16H,2-3,7-8H2,1H3. The van der Waals surface area contributed by atoms with Crippen molar-refractivity contribution in [2.24, 2.45) is 7.05 Å². The summed E-state index contributed by atoms with van der Waals surface area (Å²) in [5.74, 6) is 1.66. The maximum absolute atomic E-state index is 5.78. The van der Waals surface area contributed by atoms with Crippen molar-refractivity contribution in [1.29, 1.82) is 0 Å². The molecule has 1 aliphatic rings. The van der Waals surface area contributed by atoms with Crippen LogP contribution in [0.1, 0.15) is 24.2 Å². The number of nitrogens with one attached hydrogen (secondary N) is 1. The van der Waals surface area contributed by atoms with E-state index < -0.39 is 0 Å². The van der Waals surface area contributed by atoms with Crippen LogP contribution in [0.4, 0.5) is 0 Å². The van der Waals surface area contributed by atoms with Gasteiger partial charge in [0, 0.05) is 24.1 Å². The Hall–Kier alpha value is -1.40. The fourth-order valence-electron chi connectivity index (χ4n) is 1.92. The van der Waals surface area contributed by atoms with Crippen LogP contribution in [-0.2, 0) is 20.2 Å². The van der Waals surface area contributed by atoms with Gasteiger partial charge in [-0.15, -0.1) is 0 Å². The molecule has 0 aliphatic heterocycles. The molecule has 106 valence electrons. The summed E-state index contributed by atoms with van der Waals surface area (Å²) in [6, 6.07) is 6.75. The number of benzene rings is 1. The molecule has 3 rings (SSSR count). The van der Waals surface area contributed by atoms with Crippen LogP contribution in [0.25, 0.3) is 0 Å². The van der Waals surface area contributed by atoms with Gasteiger partial charge in [0.15, 0.2) is 5.82 Å². The number of ether oxygens (including phenoxy) is 1. The average Bonchev–Trinajstić information content (AvgIpc) is 3.18. The average molecular weight is 337 g/mol. The van der Waals surface area contributed by atoms with E-state index in [-0.39, 0.29) is 0 Å². The first-order chi connectivity index (χ1) is 9.72. The molecule has 0 bridgehead atoms. The summed E-state index contributed by atoms with van der Waals surface area (Å²) in [6.45, 7) is 1.29. The lowest BCUT2D eigenvalue weighted by Gasteiger charge is -2.10. The molecule has 0 unspecified atom stereocenters. The summed E-state index contributed by atoms with van der Waals surface area (Å²) < 4.78 is 8.60. The molecule has 0 amide bonds. The highest BCUT2D eigenvalue weighted by atomic mass is 79.9. The van der Waals surface area contributed by atoms with E-state index in [1.54, 1.807) is 4.68 Å². The molecule has 1 aromatic heterocycles. The first-order valence-corrected chi connectivity index (χ1v) is 7.49. The highest BCUT2D eigenvalue weighted by Crippen LogP contribution is 2.25. The highest BCUT2D eigenvalue weighted by Gasteiger charge is 2.20. The second-order valence-corrected chi connectivity index (χ2v) is 5.85. The van der Waals surface area contributed by atoms with Gasteiger partial charge in [0.1, 0.15) is 18.7 Å². The Morgan fingerprint density at radius 2 is 2.30 bits per heavy atom. The normalized spacial score (nSPS) is 14.5. The van der Waals surface area contributed by atoms with Crippen LogP contribution in [0.5, 0.6) is 5.75 Å². The highest BCUT2D eigenvalue weighted by molar-refractivity contribution is 9.10. The molecule has 0 radical (unpaired) electrons. The fourth-order valence-corrected chi connectivity index (χ4v) is 2.30. The van der Waals surface area contributed by atoms with Crippen molar-refractivity contribution in [1.82, 2.24) is 20.1 Å². The van der Waals surface area contributed by atoms with Gasteiger partial charge in [-0.05, 0) is 36.6 Å². The second-order valence-electron chi connectivity index (χ2n) is 5.00. The van der Waals surface area contributed by atoms with Gasteiger partial charge >= 0.3 is 0 Å². The van der Waals surface area contributed by atoms with E-state index in [9.17, 15) is 0 Å². The fraction of sp³-hybridized carbons (Fsp3) is 0.429. The Bertz CT molecular complexity index is 595. The molecule has 1 saturated carbocycles. The van der Waals surface area contributed by atoms with Crippen LogP contribution < -0.4 is 10.1 Å². The molecule has 0 atom stereocenters. The molecular formula is C14H17BrN4O.